The van der Waals surface area contributed by atoms with Gasteiger partial charge in [0, 0.05) is 4.90 Å². The number of hydrogen-bond donors (Lipinski definition) is 1. The van der Waals surface area contributed by atoms with E-state index in [1.165, 1.54) is 24.0 Å². The molecule has 0 N–H and O–H groups in total. The predicted octanol–water partition coefficient (Wildman–Crippen LogP) is 4.18. The second-order valence-corrected chi connectivity index (χ2v) is 3.71. The Bertz CT molecular complexity index is 289. The van der Waals surface area contributed by atoms with Gasteiger partial charge in [-0.2, -0.15) is 0 Å². The Kier molecular flexibility index (Phi) is 4.10. The standard InChI is InChI=1S/C12H16S/c1-3-4-7-10(2)11-8-5-6-9-12(11)13/h5-6,8-9,13H,2-4,7H2,1H3. The predicted molar refractivity (Wildman–Crippen MR) is 62.3 cm³/mol. The van der Waals surface area contributed by atoms with Gasteiger partial charge in [-0.05, 0) is 30.0 Å². The molecule has 13 heavy (non-hydrogen) atoms. The fourth-order valence-electron chi connectivity index (χ4n) is 1.30. The van der Waals surface area contributed by atoms with Gasteiger partial charge in [-0.1, -0.05) is 38.1 Å². The molecule has 0 saturated carbocycles. The van der Waals surface area contributed by atoms with E-state index >= 15 is 0 Å². The van der Waals surface area contributed by atoms with Gasteiger partial charge in [0.25, 0.3) is 0 Å². The van der Waals surface area contributed by atoms with Gasteiger partial charge in [-0.15, -0.1) is 12.6 Å². The van der Waals surface area contributed by atoms with Crippen LogP contribution in [0.4, 0.5) is 0 Å². The fourth-order valence-corrected chi connectivity index (χ4v) is 1.62. The number of allylic oxidation sites excluding steroid dienone is 1. The highest BCUT2D eigenvalue weighted by Crippen LogP contribution is 2.24. The molecule has 1 aromatic rings. The van der Waals surface area contributed by atoms with E-state index in [-0.39, 0.29) is 0 Å². The first-order chi connectivity index (χ1) is 6.25. The molecule has 0 aliphatic rings. The maximum Gasteiger partial charge on any atom is 0.0115 e. The number of benzene rings is 1. The molecule has 0 heterocycles. The number of rotatable bonds is 4. The van der Waals surface area contributed by atoms with Gasteiger partial charge >= 0.3 is 0 Å². The Morgan fingerprint density at radius 2 is 2.08 bits per heavy atom. The first-order valence-electron chi connectivity index (χ1n) is 4.72. The van der Waals surface area contributed by atoms with Gasteiger partial charge in [0.2, 0.25) is 0 Å². The van der Waals surface area contributed by atoms with E-state index in [9.17, 15) is 0 Å². The minimum atomic E-state index is 1.03. The summed E-state index contributed by atoms with van der Waals surface area (Å²) in [6, 6.07) is 8.13. The van der Waals surface area contributed by atoms with Crippen LogP contribution in [-0.4, -0.2) is 0 Å². The lowest BCUT2D eigenvalue weighted by atomic mass is 10.0. The Morgan fingerprint density at radius 1 is 1.38 bits per heavy atom. The zero-order valence-corrected chi connectivity index (χ0v) is 8.98. The van der Waals surface area contributed by atoms with Crippen LogP contribution in [-0.2, 0) is 0 Å². The third-order valence-electron chi connectivity index (χ3n) is 2.12. The van der Waals surface area contributed by atoms with Gasteiger partial charge < -0.3 is 0 Å². The van der Waals surface area contributed by atoms with Crippen molar-refractivity contribution in [1.29, 1.82) is 0 Å². The van der Waals surface area contributed by atoms with Crippen LogP contribution in [0.2, 0.25) is 0 Å². The second-order valence-electron chi connectivity index (χ2n) is 3.22. The second kappa shape index (κ2) is 5.13. The molecule has 0 fully saturated rings. The van der Waals surface area contributed by atoms with Crippen LogP contribution in [0.3, 0.4) is 0 Å². The third-order valence-corrected chi connectivity index (χ3v) is 2.51. The summed E-state index contributed by atoms with van der Waals surface area (Å²) in [5.74, 6) is 0. The van der Waals surface area contributed by atoms with Crippen molar-refractivity contribution in [3.8, 4) is 0 Å². The molecular formula is C12H16S. The van der Waals surface area contributed by atoms with Crippen LogP contribution in [0.1, 0.15) is 31.7 Å². The quantitative estimate of drug-likeness (QED) is 0.680. The molecule has 0 saturated heterocycles. The molecular weight excluding hydrogens is 176 g/mol. The number of unbranched alkanes of at least 4 members (excludes halogenated alkanes) is 1. The summed E-state index contributed by atoms with van der Waals surface area (Å²) >= 11 is 4.40. The maximum absolute atomic E-state index is 4.40. The lowest BCUT2D eigenvalue weighted by Crippen LogP contribution is -1.84. The van der Waals surface area contributed by atoms with E-state index in [1.54, 1.807) is 0 Å². The van der Waals surface area contributed by atoms with Crippen molar-refractivity contribution >= 4 is 18.2 Å². The maximum atomic E-state index is 4.40. The van der Waals surface area contributed by atoms with Gasteiger partial charge in [-0.3, -0.25) is 0 Å². The minimum absolute atomic E-state index is 1.03. The summed E-state index contributed by atoms with van der Waals surface area (Å²) in [6.45, 7) is 6.27. The average Bonchev–Trinajstić information content (AvgIpc) is 2.15. The molecule has 0 atom stereocenters. The molecule has 1 aromatic carbocycles. The Hall–Kier alpha value is -0.690. The van der Waals surface area contributed by atoms with Crippen molar-refractivity contribution in [1.82, 2.24) is 0 Å². The van der Waals surface area contributed by atoms with Gasteiger partial charge in [0.15, 0.2) is 0 Å². The SMILES string of the molecule is C=C(CCCC)c1ccccc1S. The molecule has 0 unspecified atom stereocenters. The lowest BCUT2D eigenvalue weighted by Gasteiger charge is -2.07. The molecule has 0 radical (unpaired) electrons. The lowest BCUT2D eigenvalue weighted by molar-refractivity contribution is 0.824. The molecule has 0 aromatic heterocycles. The normalized spacial score (nSPS) is 10.0. The highest BCUT2D eigenvalue weighted by molar-refractivity contribution is 7.80. The van der Waals surface area contributed by atoms with E-state index < -0.39 is 0 Å². The molecule has 70 valence electrons. The van der Waals surface area contributed by atoms with Crippen molar-refractivity contribution in [2.45, 2.75) is 31.1 Å². The molecule has 0 amide bonds. The van der Waals surface area contributed by atoms with E-state index in [4.69, 9.17) is 0 Å². The summed E-state index contributed by atoms with van der Waals surface area (Å²) in [4.78, 5) is 1.03. The topological polar surface area (TPSA) is 0 Å². The highest BCUT2D eigenvalue weighted by atomic mass is 32.1. The molecule has 1 heteroatoms. The summed E-state index contributed by atoms with van der Waals surface area (Å²) < 4.78 is 0. The third kappa shape index (κ3) is 2.92. The van der Waals surface area contributed by atoms with Crippen molar-refractivity contribution in [3.05, 3.63) is 36.4 Å². The van der Waals surface area contributed by atoms with Crippen LogP contribution in [0.5, 0.6) is 0 Å². The van der Waals surface area contributed by atoms with Gasteiger partial charge in [-0.25, -0.2) is 0 Å². The number of hydrogen-bond acceptors (Lipinski definition) is 1. The zero-order valence-electron chi connectivity index (χ0n) is 8.09. The Morgan fingerprint density at radius 3 is 2.69 bits per heavy atom. The first kappa shape index (κ1) is 10.4. The molecule has 0 aliphatic carbocycles. The van der Waals surface area contributed by atoms with Crippen molar-refractivity contribution < 1.29 is 0 Å². The smallest absolute Gasteiger partial charge is 0.0115 e. The summed E-state index contributed by atoms with van der Waals surface area (Å²) in [7, 11) is 0. The first-order valence-corrected chi connectivity index (χ1v) is 5.16. The highest BCUT2D eigenvalue weighted by Gasteiger charge is 2.01. The van der Waals surface area contributed by atoms with Gasteiger partial charge in [0.1, 0.15) is 0 Å². The minimum Gasteiger partial charge on any atom is -0.143 e. The molecule has 0 nitrogen and oxygen atoms in total. The molecule has 0 aliphatic heterocycles. The zero-order chi connectivity index (χ0) is 9.68. The van der Waals surface area contributed by atoms with Crippen LogP contribution in [0.25, 0.3) is 5.57 Å². The monoisotopic (exact) mass is 192 g/mol. The van der Waals surface area contributed by atoms with E-state index in [0.717, 1.165) is 11.3 Å². The van der Waals surface area contributed by atoms with Gasteiger partial charge in [0.05, 0.1) is 0 Å². The molecule has 0 bridgehead atoms. The Labute approximate surface area is 86.1 Å². The van der Waals surface area contributed by atoms with Crippen LogP contribution in [0, 0.1) is 0 Å². The van der Waals surface area contributed by atoms with E-state index in [1.807, 2.05) is 18.2 Å². The largest absolute Gasteiger partial charge is 0.143 e. The molecule has 0 spiro atoms. The Balaban J connectivity index is 2.71. The average molecular weight is 192 g/mol. The fraction of sp³-hybridized carbons (Fsp3) is 0.333. The summed E-state index contributed by atoms with van der Waals surface area (Å²) in [5.41, 5.74) is 2.40. The summed E-state index contributed by atoms with van der Waals surface area (Å²) in [6.07, 6.45) is 3.50. The van der Waals surface area contributed by atoms with Crippen LogP contribution in [0.15, 0.2) is 35.7 Å². The molecule has 1 rings (SSSR count). The van der Waals surface area contributed by atoms with Crippen molar-refractivity contribution in [2.75, 3.05) is 0 Å². The number of thiol groups is 1. The summed E-state index contributed by atoms with van der Waals surface area (Å²) in [5, 5.41) is 0. The van der Waals surface area contributed by atoms with Crippen molar-refractivity contribution in [3.63, 3.8) is 0 Å². The van der Waals surface area contributed by atoms with E-state index in [0.29, 0.717) is 0 Å². The van der Waals surface area contributed by atoms with Crippen molar-refractivity contribution in [2.24, 2.45) is 0 Å². The van der Waals surface area contributed by atoms with Crippen LogP contribution < -0.4 is 0 Å². The van der Waals surface area contributed by atoms with Crippen LogP contribution >= 0.6 is 12.6 Å². The van der Waals surface area contributed by atoms with E-state index in [2.05, 4.69) is 32.2 Å².